The Hall–Kier alpha value is -3.33. The summed E-state index contributed by atoms with van der Waals surface area (Å²) in [4.78, 5) is 39.5. The number of halogens is 2. The maximum atomic E-state index is 13.4. The highest BCUT2D eigenvalue weighted by Crippen LogP contribution is 2.29. The number of carbonyl (C=O) groups is 3. The lowest BCUT2D eigenvalue weighted by Gasteiger charge is -2.29. The SMILES string of the molecule is C[C@H](NC(=O)[C@H](O)c1cc(F)cc(F)c1)C(=O)N[C@H]1CCC[C@H](c2ccccc2)N(C)C1=O. The van der Waals surface area contributed by atoms with Crippen LogP contribution in [0.2, 0.25) is 0 Å². The van der Waals surface area contributed by atoms with Crippen molar-refractivity contribution in [3.8, 4) is 0 Å². The van der Waals surface area contributed by atoms with E-state index in [9.17, 15) is 28.3 Å². The van der Waals surface area contributed by atoms with E-state index < -0.39 is 41.6 Å². The first kappa shape index (κ1) is 24.3. The Bertz CT molecular complexity index is 998. The molecule has 0 saturated carbocycles. The molecule has 1 saturated heterocycles. The van der Waals surface area contributed by atoms with Crippen LogP contribution in [0.3, 0.4) is 0 Å². The number of aliphatic hydroxyl groups is 1. The monoisotopic (exact) mass is 459 g/mol. The number of hydrogen-bond acceptors (Lipinski definition) is 4. The summed E-state index contributed by atoms with van der Waals surface area (Å²) in [6.07, 6.45) is 0.0547. The average molecular weight is 459 g/mol. The minimum Gasteiger partial charge on any atom is -0.378 e. The molecule has 0 radical (unpaired) electrons. The topological polar surface area (TPSA) is 98.7 Å². The molecule has 4 atom stereocenters. The first-order valence-corrected chi connectivity index (χ1v) is 10.7. The Morgan fingerprint density at radius 3 is 2.33 bits per heavy atom. The normalized spacial score (nSPS) is 20.5. The Kier molecular flexibility index (Phi) is 7.75. The number of likely N-dealkylation sites (tertiary alicyclic amines) is 1. The minimum atomic E-state index is -1.86. The molecule has 3 rings (SSSR count). The van der Waals surface area contributed by atoms with Gasteiger partial charge in [-0.05, 0) is 49.4 Å². The molecule has 3 amide bonds. The molecule has 1 aliphatic heterocycles. The molecule has 176 valence electrons. The van der Waals surface area contributed by atoms with Gasteiger partial charge in [0.05, 0.1) is 6.04 Å². The van der Waals surface area contributed by atoms with Crippen molar-refractivity contribution in [2.24, 2.45) is 0 Å². The van der Waals surface area contributed by atoms with E-state index in [1.807, 2.05) is 30.3 Å². The van der Waals surface area contributed by atoms with E-state index in [0.717, 1.165) is 24.1 Å². The van der Waals surface area contributed by atoms with E-state index in [2.05, 4.69) is 10.6 Å². The lowest BCUT2D eigenvalue weighted by Crippen LogP contribution is -2.53. The number of benzene rings is 2. The van der Waals surface area contributed by atoms with Gasteiger partial charge in [0, 0.05) is 13.1 Å². The first-order chi connectivity index (χ1) is 15.7. The molecule has 0 aromatic heterocycles. The summed E-state index contributed by atoms with van der Waals surface area (Å²) in [5, 5.41) is 15.1. The zero-order valence-electron chi connectivity index (χ0n) is 18.4. The number of hydrogen-bond donors (Lipinski definition) is 3. The summed E-state index contributed by atoms with van der Waals surface area (Å²) < 4.78 is 26.7. The molecule has 1 heterocycles. The Morgan fingerprint density at radius 1 is 1.06 bits per heavy atom. The van der Waals surface area contributed by atoms with Gasteiger partial charge in [-0.3, -0.25) is 14.4 Å². The van der Waals surface area contributed by atoms with E-state index in [0.29, 0.717) is 18.9 Å². The summed E-state index contributed by atoms with van der Waals surface area (Å²) in [7, 11) is 1.70. The first-order valence-electron chi connectivity index (χ1n) is 10.7. The van der Waals surface area contributed by atoms with Crippen LogP contribution in [-0.2, 0) is 14.4 Å². The van der Waals surface area contributed by atoms with Crippen molar-refractivity contribution in [2.75, 3.05) is 7.05 Å². The fourth-order valence-electron chi connectivity index (χ4n) is 3.97. The summed E-state index contributed by atoms with van der Waals surface area (Å²) in [6.45, 7) is 1.39. The Morgan fingerprint density at radius 2 is 1.70 bits per heavy atom. The minimum absolute atomic E-state index is 0.0976. The van der Waals surface area contributed by atoms with Crippen LogP contribution in [0.25, 0.3) is 0 Å². The van der Waals surface area contributed by atoms with E-state index in [4.69, 9.17) is 0 Å². The smallest absolute Gasteiger partial charge is 0.254 e. The Balaban J connectivity index is 1.60. The van der Waals surface area contributed by atoms with Gasteiger partial charge in [0.25, 0.3) is 5.91 Å². The van der Waals surface area contributed by atoms with Crippen molar-refractivity contribution >= 4 is 17.7 Å². The van der Waals surface area contributed by atoms with Crippen molar-refractivity contribution in [3.63, 3.8) is 0 Å². The van der Waals surface area contributed by atoms with Crippen LogP contribution >= 0.6 is 0 Å². The number of carbonyl (C=O) groups excluding carboxylic acids is 3. The standard InChI is InChI=1S/C24H27F2N3O4/c1-14(27-23(32)21(30)16-11-17(25)13-18(26)12-16)22(31)28-19-9-6-10-20(29(2)24(19)33)15-7-4-3-5-8-15/h3-5,7-8,11-14,19-21,30H,6,9-10H2,1-2H3,(H,27,32)(H,28,31)/t14-,19-,20+,21+/m0/s1. The second kappa shape index (κ2) is 10.5. The third-order valence-corrected chi connectivity index (χ3v) is 5.79. The number of nitrogens with zero attached hydrogens (tertiary/aromatic N) is 1. The van der Waals surface area contributed by atoms with Crippen LogP contribution in [0.5, 0.6) is 0 Å². The van der Waals surface area contributed by atoms with Crippen LogP contribution in [0.15, 0.2) is 48.5 Å². The van der Waals surface area contributed by atoms with Gasteiger partial charge in [0.15, 0.2) is 6.10 Å². The quantitative estimate of drug-likeness (QED) is 0.618. The average Bonchev–Trinajstić information content (AvgIpc) is 2.92. The molecule has 0 unspecified atom stereocenters. The van der Waals surface area contributed by atoms with E-state index in [1.54, 1.807) is 11.9 Å². The van der Waals surface area contributed by atoms with Gasteiger partial charge < -0.3 is 20.6 Å². The molecule has 9 heteroatoms. The maximum absolute atomic E-state index is 13.4. The molecule has 0 spiro atoms. The van der Waals surface area contributed by atoms with Crippen molar-refractivity contribution in [1.82, 2.24) is 15.5 Å². The predicted molar refractivity (Wildman–Crippen MR) is 117 cm³/mol. The molecule has 1 aliphatic rings. The summed E-state index contributed by atoms with van der Waals surface area (Å²) in [5.41, 5.74) is 0.744. The molecular weight excluding hydrogens is 432 g/mol. The van der Waals surface area contributed by atoms with Crippen LogP contribution in [0.4, 0.5) is 8.78 Å². The summed E-state index contributed by atoms with van der Waals surface area (Å²) >= 11 is 0. The van der Waals surface area contributed by atoms with Gasteiger partial charge in [-0.1, -0.05) is 30.3 Å². The van der Waals surface area contributed by atoms with Crippen LogP contribution in [0.1, 0.15) is 49.5 Å². The number of nitrogens with one attached hydrogen (secondary N) is 2. The third-order valence-electron chi connectivity index (χ3n) is 5.79. The maximum Gasteiger partial charge on any atom is 0.254 e. The van der Waals surface area contributed by atoms with Crippen LogP contribution < -0.4 is 10.6 Å². The van der Waals surface area contributed by atoms with Crippen molar-refractivity contribution in [2.45, 2.75) is 50.4 Å². The zero-order chi connectivity index (χ0) is 24.1. The third kappa shape index (κ3) is 5.92. The zero-order valence-corrected chi connectivity index (χ0v) is 18.4. The summed E-state index contributed by atoms with van der Waals surface area (Å²) in [6, 6.07) is 10.00. The van der Waals surface area contributed by atoms with E-state index in [1.165, 1.54) is 6.92 Å². The molecule has 2 aromatic rings. The predicted octanol–water partition coefficient (Wildman–Crippen LogP) is 2.37. The van der Waals surface area contributed by atoms with Gasteiger partial charge in [0.1, 0.15) is 23.7 Å². The molecule has 3 N–H and O–H groups in total. The van der Waals surface area contributed by atoms with Gasteiger partial charge in [-0.25, -0.2) is 8.78 Å². The molecule has 2 aromatic carbocycles. The largest absolute Gasteiger partial charge is 0.378 e. The van der Waals surface area contributed by atoms with Crippen molar-refractivity contribution in [3.05, 3.63) is 71.3 Å². The molecule has 0 bridgehead atoms. The molecule has 33 heavy (non-hydrogen) atoms. The van der Waals surface area contributed by atoms with Gasteiger partial charge >= 0.3 is 0 Å². The van der Waals surface area contributed by atoms with Crippen LogP contribution in [0, 0.1) is 11.6 Å². The molecule has 1 fully saturated rings. The lowest BCUT2D eigenvalue weighted by molar-refractivity contribution is -0.138. The number of amides is 3. The van der Waals surface area contributed by atoms with Gasteiger partial charge in [-0.2, -0.15) is 0 Å². The Labute approximate surface area is 190 Å². The second-order valence-electron chi connectivity index (χ2n) is 8.20. The highest BCUT2D eigenvalue weighted by Gasteiger charge is 2.33. The van der Waals surface area contributed by atoms with Gasteiger partial charge in [-0.15, -0.1) is 0 Å². The number of aliphatic hydroxyl groups excluding tert-OH is 1. The van der Waals surface area contributed by atoms with Crippen molar-refractivity contribution < 1.29 is 28.3 Å². The number of likely N-dealkylation sites (N-methyl/N-ethyl adjacent to an activating group) is 1. The van der Waals surface area contributed by atoms with E-state index in [-0.39, 0.29) is 17.5 Å². The second-order valence-corrected chi connectivity index (χ2v) is 8.20. The molecule has 0 aliphatic carbocycles. The van der Waals surface area contributed by atoms with Gasteiger partial charge in [0.2, 0.25) is 11.8 Å². The van der Waals surface area contributed by atoms with E-state index >= 15 is 0 Å². The number of rotatable bonds is 6. The summed E-state index contributed by atoms with van der Waals surface area (Å²) in [5.74, 6) is -3.70. The molecular formula is C24H27F2N3O4. The van der Waals surface area contributed by atoms with Crippen molar-refractivity contribution in [1.29, 1.82) is 0 Å². The van der Waals surface area contributed by atoms with Crippen LogP contribution in [-0.4, -0.2) is 46.9 Å². The highest BCUT2D eigenvalue weighted by molar-refractivity contribution is 5.93. The fraction of sp³-hybridized carbons (Fsp3) is 0.375. The highest BCUT2D eigenvalue weighted by atomic mass is 19.1. The fourth-order valence-corrected chi connectivity index (χ4v) is 3.97. The lowest BCUT2D eigenvalue weighted by atomic mass is 10.0. The molecule has 7 nitrogen and oxygen atoms in total.